The lowest BCUT2D eigenvalue weighted by atomic mass is 10.0. The second-order valence-electron chi connectivity index (χ2n) is 6.09. The van der Waals surface area contributed by atoms with Crippen molar-refractivity contribution in [3.63, 3.8) is 0 Å². The van der Waals surface area contributed by atoms with Crippen molar-refractivity contribution in [1.29, 1.82) is 0 Å². The third-order valence-corrected chi connectivity index (χ3v) is 4.43. The van der Waals surface area contributed by atoms with Gasteiger partial charge in [-0.05, 0) is 43.3 Å². The third-order valence-electron chi connectivity index (χ3n) is 4.43. The van der Waals surface area contributed by atoms with E-state index >= 15 is 0 Å². The predicted octanol–water partition coefficient (Wildman–Crippen LogP) is 4.60. The number of hydrogen-bond acceptors (Lipinski definition) is 4. The van der Waals surface area contributed by atoms with Crippen molar-refractivity contribution in [2.45, 2.75) is 39.8 Å². The number of carbonyl (C=O) groups is 1. The summed E-state index contributed by atoms with van der Waals surface area (Å²) in [7, 11) is 0. The summed E-state index contributed by atoms with van der Waals surface area (Å²) in [5, 5.41) is 0. The van der Waals surface area contributed by atoms with E-state index in [-0.39, 0.29) is 12.0 Å². The average molecular weight is 355 g/mol. The molecule has 0 saturated carbocycles. The monoisotopic (exact) mass is 355 g/mol. The van der Waals surface area contributed by atoms with Gasteiger partial charge in [0.1, 0.15) is 12.4 Å². The highest BCUT2D eigenvalue weighted by molar-refractivity contribution is 5.70. The van der Waals surface area contributed by atoms with Gasteiger partial charge < -0.3 is 9.47 Å². The molecule has 0 radical (unpaired) electrons. The minimum atomic E-state index is -0.159. The Balaban J connectivity index is 2.06. The van der Waals surface area contributed by atoms with Gasteiger partial charge >= 0.3 is 5.97 Å². The molecule has 4 heteroatoms. The second-order valence-corrected chi connectivity index (χ2v) is 6.09. The van der Waals surface area contributed by atoms with E-state index in [2.05, 4.69) is 18.7 Å². The van der Waals surface area contributed by atoms with Gasteiger partial charge in [0.15, 0.2) is 0 Å². The van der Waals surface area contributed by atoms with Crippen molar-refractivity contribution in [3.8, 4) is 5.75 Å². The van der Waals surface area contributed by atoms with Gasteiger partial charge in [-0.2, -0.15) is 0 Å². The van der Waals surface area contributed by atoms with Crippen LogP contribution in [-0.2, 0) is 16.1 Å². The summed E-state index contributed by atoms with van der Waals surface area (Å²) in [6.07, 6.45) is 0.361. The van der Waals surface area contributed by atoms with Crippen molar-refractivity contribution in [1.82, 2.24) is 4.90 Å². The van der Waals surface area contributed by atoms with E-state index in [0.29, 0.717) is 19.6 Å². The first kappa shape index (κ1) is 20.0. The van der Waals surface area contributed by atoms with Gasteiger partial charge in [0.25, 0.3) is 0 Å². The number of esters is 1. The van der Waals surface area contributed by atoms with Crippen molar-refractivity contribution in [2.75, 3.05) is 19.7 Å². The summed E-state index contributed by atoms with van der Waals surface area (Å²) < 4.78 is 11.0. The van der Waals surface area contributed by atoms with Crippen LogP contribution in [0.1, 0.15) is 44.4 Å². The zero-order chi connectivity index (χ0) is 18.8. The molecule has 2 aromatic rings. The zero-order valence-corrected chi connectivity index (χ0v) is 16.0. The molecule has 0 bridgehead atoms. The van der Waals surface area contributed by atoms with Crippen LogP contribution in [0.5, 0.6) is 5.75 Å². The average Bonchev–Trinajstić information content (AvgIpc) is 2.68. The standard InChI is InChI=1S/C22H29NO3/c1-4-23(5-2)21(16-22(24)25-6-3)19-12-14-20(15-13-19)26-17-18-10-8-7-9-11-18/h7-15,21H,4-6,16-17H2,1-3H3. The van der Waals surface area contributed by atoms with E-state index in [1.807, 2.05) is 61.5 Å². The van der Waals surface area contributed by atoms with E-state index in [1.165, 1.54) is 0 Å². The molecular weight excluding hydrogens is 326 g/mol. The van der Waals surface area contributed by atoms with Crippen LogP contribution in [0, 0.1) is 0 Å². The molecule has 0 amide bonds. The highest BCUT2D eigenvalue weighted by atomic mass is 16.5. The van der Waals surface area contributed by atoms with E-state index < -0.39 is 0 Å². The van der Waals surface area contributed by atoms with Gasteiger partial charge in [-0.25, -0.2) is 0 Å². The minimum absolute atomic E-state index is 0.0206. The summed E-state index contributed by atoms with van der Waals surface area (Å²) >= 11 is 0. The largest absolute Gasteiger partial charge is 0.489 e. The fourth-order valence-electron chi connectivity index (χ4n) is 3.03. The Morgan fingerprint density at radius 3 is 2.19 bits per heavy atom. The Morgan fingerprint density at radius 1 is 0.962 bits per heavy atom. The second kappa shape index (κ2) is 10.6. The Labute approximate surface area is 156 Å². The fourth-order valence-corrected chi connectivity index (χ4v) is 3.03. The van der Waals surface area contributed by atoms with Crippen molar-refractivity contribution in [3.05, 3.63) is 65.7 Å². The van der Waals surface area contributed by atoms with E-state index in [0.717, 1.165) is 30.0 Å². The van der Waals surface area contributed by atoms with Crippen molar-refractivity contribution in [2.24, 2.45) is 0 Å². The third kappa shape index (κ3) is 5.88. The predicted molar refractivity (Wildman–Crippen MR) is 104 cm³/mol. The minimum Gasteiger partial charge on any atom is -0.489 e. The molecule has 4 nitrogen and oxygen atoms in total. The van der Waals surface area contributed by atoms with E-state index in [4.69, 9.17) is 9.47 Å². The number of rotatable bonds is 10. The maximum absolute atomic E-state index is 12.0. The topological polar surface area (TPSA) is 38.8 Å². The van der Waals surface area contributed by atoms with Gasteiger partial charge in [-0.3, -0.25) is 9.69 Å². The van der Waals surface area contributed by atoms with E-state index in [1.54, 1.807) is 0 Å². The molecule has 0 spiro atoms. The molecule has 0 saturated heterocycles. The van der Waals surface area contributed by atoms with Gasteiger partial charge in [-0.15, -0.1) is 0 Å². The van der Waals surface area contributed by atoms with Crippen LogP contribution >= 0.6 is 0 Å². The Kier molecular flexibility index (Phi) is 8.16. The van der Waals surface area contributed by atoms with Crippen LogP contribution in [0.25, 0.3) is 0 Å². The molecule has 0 aliphatic carbocycles. The Morgan fingerprint density at radius 2 is 1.62 bits per heavy atom. The maximum atomic E-state index is 12.0. The van der Waals surface area contributed by atoms with Gasteiger partial charge in [0.05, 0.1) is 13.0 Å². The first-order valence-electron chi connectivity index (χ1n) is 9.34. The van der Waals surface area contributed by atoms with Gasteiger partial charge in [0.2, 0.25) is 0 Å². The smallest absolute Gasteiger partial charge is 0.307 e. The molecule has 0 heterocycles. The maximum Gasteiger partial charge on any atom is 0.307 e. The molecule has 26 heavy (non-hydrogen) atoms. The summed E-state index contributed by atoms with van der Waals surface area (Å²) in [4.78, 5) is 14.3. The molecular formula is C22H29NO3. The zero-order valence-electron chi connectivity index (χ0n) is 16.0. The molecule has 1 atom stereocenters. The normalized spacial score (nSPS) is 12.0. The van der Waals surface area contributed by atoms with Crippen LogP contribution in [0.3, 0.4) is 0 Å². The van der Waals surface area contributed by atoms with E-state index in [9.17, 15) is 4.79 Å². The van der Waals surface area contributed by atoms with Crippen molar-refractivity contribution >= 4 is 5.97 Å². The molecule has 1 unspecified atom stereocenters. The van der Waals surface area contributed by atoms with Crippen LogP contribution in [0.15, 0.2) is 54.6 Å². The first-order chi connectivity index (χ1) is 12.7. The summed E-state index contributed by atoms with van der Waals surface area (Å²) in [6, 6.07) is 18.2. The number of ether oxygens (including phenoxy) is 2. The number of nitrogens with zero attached hydrogens (tertiary/aromatic N) is 1. The fraction of sp³-hybridized carbons (Fsp3) is 0.409. The molecule has 2 rings (SSSR count). The van der Waals surface area contributed by atoms with Crippen LogP contribution < -0.4 is 4.74 Å². The molecule has 0 fully saturated rings. The Hall–Kier alpha value is -2.33. The van der Waals surface area contributed by atoms with Gasteiger partial charge in [0, 0.05) is 6.04 Å². The number of hydrogen-bond donors (Lipinski definition) is 0. The molecule has 140 valence electrons. The highest BCUT2D eigenvalue weighted by Gasteiger charge is 2.22. The summed E-state index contributed by atoms with van der Waals surface area (Å²) in [6.45, 7) is 8.78. The molecule has 0 N–H and O–H groups in total. The Bertz CT molecular complexity index is 651. The lowest BCUT2D eigenvalue weighted by Gasteiger charge is -2.29. The summed E-state index contributed by atoms with van der Waals surface area (Å²) in [5.41, 5.74) is 2.24. The van der Waals surface area contributed by atoms with Gasteiger partial charge in [-0.1, -0.05) is 56.3 Å². The quantitative estimate of drug-likeness (QED) is 0.584. The lowest BCUT2D eigenvalue weighted by Crippen LogP contribution is -2.30. The van der Waals surface area contributed by atoms with Crippen LogP contribution in [0.4, 0.5) is 0 Å². The van der Waals surface area contributed by atoms with Crippen LogP contribution in [0.2, 0.25) is 0 Å². The number of benzene rings is 2. The van der Waals surface area contributed by atoms with Crippen LogP contribution in [-0.4, -0.2) is 30.6 Å². The molecule has 0 aliphatic heterocycles. The number of carbonyl (C=O) groups excluding carboxylic acids is 1. The van der Waals surface area contributed by atoms with Crippen molar-refractivity contribution < 1.29 is 14.3 Å². The molecule has 0 aromatic heterocycles. The molecule has 2 aromatic carbocycles. The first-order valence-corrected chi connectivity index (χ1v) is 9.34. The highest BCUT2D eigenvalue weighted by Crippen LogP contribution is 2.27. The SMILES string of the molecule is CCOC(=O)CC(c1ccc(OCc2ccccc2)cc1)N(CC)CC. The lowest BCUT2D eigenvalue weighted by molar-refractivity contribution is -0.144. The summed E-state index contributed by atoms with van der Waals surface area (Å²) in [5.74, 6) is 0.667. The molecule has 0 aliphatic rings.